The van der Waals surface area contributed by atoms with Crippen molar-refractivity contribution >= 4 is 17.6 Å². The average Bonchev–Trinajstić information content (AvgIpc) is 2.71. The van der Waals surface area contributed by atoms with Crippen molar-refractivity contribution in [3.05, 3.63) is 29.3 Å². The Bertz CT molecular complexity index is 582. The molecule has 0 aliphatic heterocycles. The van der Waals surface area contributed by atoms with Crippen molar-refractivity contribution in [3.63, 3.8) is 0 Å². The lowest BCUT2D eigenvalue weighted by Crippen LogP contribution is -2.11. The number of halogens is 1. The van der Waals surface area contributed by atoms with E-state index in [-0.39, 0.29) is 5.82 Å². The van der Waals surface area contributed by atoms with Crippen LogP contribution >= 0.6 is 11.6 Å². The highest BCUT2D eigenvalue weighted by Crippen LogP contribution is 2.19. The van der Waals surface area contributed by atoms with Gasteiger partial charge >= 0.3 is 5.97 Å². The fourth-order valence-electron chi connectivity index (χ4n) is 1.50. The Labute approximate surface area is 109 Å². The molecule has 0 unspecified atom stereocenters. The average molecular weight is 267 g/mol. The van der Waals surface area contributed by atoms with Gasteiger partial charge in [-0.1, -0.05) is 11.6 Å². The number of rotatable bonds is 3. The van der Waals surface area contributed by atoms with Gasteiger partial charge in [0.25, 0.3) is 0 Å². The Balaban J connectivity index is 2.39. The van der Waals surface area contributed by atoms with E-state index < -0.39 is 5.97 Å². The van der Waals surface area contributed by atoms with Crippen LogP contribution in [0, 0.1) is 0 Å². The largest absolute Gasteiger partial charge is 0.460 e. The molecular weight excluding hydrogens is 256 g/mol. The van der Waals surface area contributed by atoms with Gasteiger partial charge in [-0.3, -0.25) is 0 Å². The summed E-state index contributed by atoms with van der Waals surface area (Å²) in [5, 5.41) is 8.13. The first-order valence-corrected chi connectivity index (χ1v) is 5.69. The fourth-order valence-corrected chi connectivity index (χ4v) is 1.67. The third-order valence-corrected chi connectivity index (χ3v) is 2.52. The van der Waals surface area contributed by atoms with Crippen LogP contribution in [0.15, 0.2) is 18.3 Å². The van der Waals surface area contributed by atoms with Crippen molar-refractivity contribution in [2.75, 3.05) is 6.61 Å². The maximum Gasteiger partial charge on any atom is 0.376 e. The molecule has 0 aliphatic rings. The molecule has 0 fully saturated rings. The lowest BCUT2D eigenvalue weighted by Gasteiger charge is -2.03. The number of hydrogen-bond acceptors (Lipinski definition) is 5. The quantitative estimate of drug-likeness (QED) is 0.625. The topological polar surface area (TPSA) is 69.9 Å². The summed E-state index contributed by atoms with van der Waals surface area (Å²) >= 11 is 5.81. The van der Waals surface area contributed by atoms with E-state index in [9.17, 15) is 4.79 Å². The molecule has 0 saturated heterocycles. The number of hydrogen-bond donors (Lipinski definition) is 0. The van der Waals surface area contributed by atoms with Gasteiger partial charge in [0.15, 0.2) is 5.82 Å². The van der Waals surface area contributed by atoms with Gasteiger partial charge in [-0.05, 0) is 19.1 Å². The number of ether oxygens (including phenoxy) is 1. The monoisotopic (exact) mass is 266 g/mol. The summed E-state index contributed by atoms with van der Waals surface area (Å²) in [4.78, 5) is 15.5. The zero-order chi connectivity index (χ0) is 13.1. The Morgan fingerprint density at radius 2 is 2.28 bits per heavy atom. The molecule has 2 aromatic heterocycles. The standard InChI is InChI=1S/C11H11ClN4O2/c1-3-18-11(17)10-15-14-9(16(10)2)7-4-5-13-8(12)6-7/h4-6H,3H2,1-2H3. The Kier molecular flexibility index (Phi) is 3.57. The summed E-state index contributed by atoms with van der Waals surface area (Å²) in [5.74, 6) is 0.182. The van der Waals surface area contributed by atoms with Crippen LogP contribution in [-0.2, 0) is 11.8 Å². The first-order valence-electron chi connectivity index (χ1n) is 5.32. The molecule has 6 nitrogen and oxygen atoms in total. The van der Waals surface area contributed by atoms with Crippen LogP contribution in [-0.4, -0.2) is 32.3 Å². The molecule has 0 N–H and O–H groups in total. The number of nitrogens with zero attached hydrogens (tertiary/aromatic N) is 4. The highest BCUT2D eigenvalue weighted by molar-refractivity contribution is 6.29. The molecule has 2 aromatic rings. The molecule has 2 rings (SSSR count). The van der Waals surface area contributed by atoms with E-state index in [1.54, 1.807) is 36.9 Å². The molecule has 0 bridgehead atoms. The Morgan fingerprint density at radius 1 is 1.50 bits per heavy atom. The van der Waals surface area contributed by atoms with Crippen molar-refractivity contribution in [1.29, 1.82) is 0 Å². The predicted molar refractivity (Wildman–Crippen MR) is 65.2 cm³/mol. The van der Waals surface area contributed by atoms with Crippen LogP contribution < -0.4 is 0 Å². The van der Waals surface area contributed by atoms with Gasteiger partial charge in [0.1, 0.15) is 5.15 Å². The summed E-state index contributed by atoms with van der Waals surface area (Å²) in [6, 6.07) is 3.39. The van der Waals surface area contributed by atoms with E-state index in [0.29, 0.717) is 17.6 Å². The normalized spacial score (nSPS) is 10.4. The molecule has 0 aliphatic carbocycles. The molecule has 0 saturated carbocycles. The van der Waals surface area contributed by atoms with E-state index in [1.807, 2.05) is 0 Å². The van der Waals surface area contributed by atoms with E-state index in [0.717, 1.165) is 5.56 Å². The highest BCUT2D eigenvalue weighted by Gasteiger charge is 2.18. The van der Waals surface area contributed by atoms with Crippen molar-refractivity contribution in [2.45, 2.75) is 6.92 Å². The maximum absolute atomic E-state index is 11.6. The van der Waals surface area contributed by atoms with Gasteiger partial charge in [-0.15, -0.1) is 10.2 Å². The van der Waals surface area contributed by atoms with Crippen LogP contribution in [0.1, 0.15) is 17.5 Å². The van der Waals surface area contributed by atoms with Crippen molar-refractivity contribution < 1.29 is 9.53 Å². The van der Waals surface area contributed by atoms with Gasteiger partial charge < -0.3 is 9.30 Å². The lowest BCUT2D eigenvalue weighted by atomic mass is 10.2. The summed E-state index contributed by atoms with van der Waals surface area (Å²) in [5.41, 5.74) is 0.737. The molecule has 2 heterocycles. The zero-order valence-electron chi connectivity index (χ0n) is 9.92. The maximum atomic E-state index is 11.6. The summed E-state index contributed by atoms with van der Waals surface area (Å²) < 4.78 is 6.44. The van der Waals surface area contributed by atoms with Gasteiger partial charge in [0.05, 0.1) is 6.61 Å². The molecule has 0 atom stereocenters. The second-order valence-corrected chi connectivity index (χ2v) is 3.88. The lowest BCUT2D eigenvalue weighted by molar-refractivity contribution is 0.0507. The van der Waals surface area contributed by atoms with Gasteiger partial charge in [-0.2, -0.15) is 0 Å². The van der Waals surface area contributed by atoms with Gasteiger partial charge in [-0.25, -0.2) is 9.78 Å². The molecule has 0 radical (unpaired) electrons. The summed E-state index contributed by atoms with van der Waals surface area (Å²) in [6.07, 6.45) is 1.57. The summed E-state index contributed by atoms with van der Waals surface area (Å²) in [7, 11) is 1.69. The molecular formula is C11H11ClN4O2. The minimum absolute atomic E-state index is 0.153. The SMILES string of the molecule is CCOC(=O)c1nnc(-c2ccnc(Cl)c2)n1C. The molecule has 0 aromatic carbocycles. The minimum Gasteiger partial charge on any atom is -0.460 e. The fraction of sp³-hybridized carbons (Fsp3) is 0.273. The smallest absolute Gasteiger partial charge is 0.376 e. The first kappa shape index (κ1) is 12.5. The van der Waals surface area contributed by atoms with Crippen LogP contribution in [0.3, 0.4) is 0 Å². The van der Waals surface area contributed by atoms with Crippen LogP contribution in [0.25, 0.3) is 11.4 Å². The Hall–Kier alpha value is -1.95. The third-order valence-electron chi connectivity index (χ3n) is 2.32. The number of carbonyl (C=O) groups excluding carboxylic acids is 1. The van der Waals surface area contributed by atoms with Crippen LogP contribution in [0.4, 0.5) is 0 Å². The number of aromatic nitrogens is 4. The van der Waals surface area contributed by atoms with Crippen LogP contribution in [0.5, 0.6) is 0 Å². The first-order chi connectivity index (χ1) is 8.63. The minimum atomic E-state index is -0.501. The molecule has 94 valence electrons. The molecule has 7 heteroatoms. The van der Waals surface area contributed by atoms with E-state index in [1.165, 1.54) is 0 Å². The number of carbonyl (C=O) groups is 1. The molecule has 0 amide bonds. The zero-order valence-corrected chi connectivity index (χ0v) is 10.7. The Morgan fingerprint density at radius 3 is 2.94 bits per heavy atom. The predicted octanol–water partition coefficient (Wildman–Crippen LogP) is 1.71. The molecule has 18 heavy (non-hydrogen) atoms. The number of pyridine rings is 1. The van der Waals surface area contributed by atoms with Crippen molar-refractivity contribution in [1.82, 2.24) is 19.7 Å². The van der Waals surface area contributed by atoms with Crippen molar-refractivity contribution in [3.8, 4) is 11.4 Å². The van der Waals surface area contributed by atoms with E-state index >= 15 is 0 Å². The number of esters is 1. The van der Waals surface area contributed by atoms with Gasteiger partial charge in [0, 0.05) is 18.8 Å². The van der Waals surface area contributed by atoms with Crippen LogP contribution in [0.2, 0.25) is 5.15 Å². The second kappa shape index (κ2) is 5.14. The third kappa shape index (κ3) is 2.33. The van der Waals surface area contributed by atoms with Gasteiger partial charge in [0.2, 0.25) is 5.82 Å². The van der Waals surface area contributed by atoms with E-state index in [2.05, 4.69) is 15.2 Å². The molecule has 0 spiro atoms. The van der Waals surface area contributed by atoms with Crippen molar-refractivity contribution in [2.24, 2.45) is 7.05 Å². The highest BCUT2D eigenvalue weighted by atomic mass is 35.5. The second-order valence-electron chi connectivity index (χ2n) is 3.49. The summed E-state index contributed by atoms with van der Waals surface area (Å²) in [6.45, 7) is 2.03. The van der Waals surface area contributed by atoms with E-state index in [4.69, 9.17) is 16.3 Å².